The van der Waals surface area contributed by atoms with Gasteiger partial charge in [0.15, 0.2) is 0 Å². The predicted octanol–water partition coefficient (Wildman–Crippen LogP) is 5.99. The molecule has 0 aliphatic heterocycles. The Labute approximate surface area is 182 Å². The molecular weight excluding hydrogens is 383 g/mol. The summed E-state index contributed by atoms with van der Waals surface area (Å²) in [4.78, 5) is 0. The Bertz CT molecular complexity index is 849. The summed E-state index contributed by atoms with van der Waals surface area (Å²) in [5, 5.41) is 4.14. The molecule has 3 rings (SSSR count). The van der Waals surface area contributed by atoms with Crippen LogP contribution in [-0.4, -0.2) is 13.0 Å². The van der Waals surface area contributed by atoms with Crippen LogP contribution in [0, 0.1) is 0 Å². The predicted molar refractivity (Wildman–Crippen MR) is 135 cm³/mol. The molecule has 0 N–H and O–H groups in total. The van der Waals surface area contributed by atoms with Crippen LogP contribution in [0.5, 0.6) is 0 Å². The number of benzene rings is 3. The summed E-state index contributed by atoms with van der Waals surface area (Å²) in [7, 11) is -2.30. The first kappa shape index (κ1) is 22.2. The fraction of sp³-hybridized carbons (Fsp3) is 0.214. The molecular formula is C28H33OP. The standard InChI is InChI=1S/C28H33OP/c1-24(2)14-13-15-25(3)22-29-23-30(26-16-7-4-8-17-26,27-18-9-5-10-19-27)28-20-11-6-12-21-28/h4-12,15-21,30H,1,13-14,22-23H2,2-3H3/b25-15+. The number of hydrogen-bond donors (Lipinski definition) is 0. The van der Waals surface area contributed by atoms with Crippen LogP contribution in [0.2, 0.25) is 0 Å². The third-order valence-corrected chi connectivity index (χ3v) is 10.1. The molecule has 3 aromatic rings. The topological polar surface area (TPSA) is 9.23 Å². The monoisotopic (exact) mass is 416 g/mol. The van der Waals surface area contributed by atoms with Gasteiger partial charge in [-0.2, -0.15) is 0 Å². The molecule has 30 heavy (non-hydrogen) atoms. The van der Waals surface area contributed by atoms with E-state index in [0.29, 0.717) is 6.61 Å². The Morgan fingerprint density at radius 3 is 1.60 bits per heavy atom. The summed E-state index contributed by atoms with van der Waals surface area (Å²) in [5.41, 5.74) is 2.51. The summed E-state index contributed by atoms with van der Waals surface area (Å²) in [6.45, 7) is 8.90. The fourth-order valence-corrected chi connectivity index (χ4v) is 8.10. The van der Waals surface area contributed by atoms with Crippen molar-refractivity contribution < 1.29 is 4.74 Å². The molecule has 0 bridgehead atoms. The van der Waals surface area contributed by atoms with Gasteiger partial charge in [-0.1, -0.05) is 0 Å². The first-order chi connectivity index (χ1) is 14.6. The Morgan fingerprint density at radius 2 is 1.20 bits per heavy atom. The molecule has 3 aromatic carbocycles. The van der Waals surface area contributed by atoms with Crippen molar-refractivity contribution in [2.45, 2.75) is 26.7 Å². The summed E-state index contributed by atoms with van der Waals surface area (Å²) in [6.07, 6.45) is 5.07. The van der Waals surface area contributed by atoms with E-state index in [4.69, 9.17) is 4.74 Å². The number of ether oxygens (including phenoxy) is 1. The van der Waals surface area contributed by atoms with Crippen LogP contribution in [0.25, 0.3) is 0 Å². The van der Waals surface area contributed by atoms with Crippen molar-refractivity contribution in [2.75, 3.05) is 13.0 Å². The van der Waals surface area contributed by atoms with Gasteiger partial charge in [-0.05, 0) is 0 Å². The maximum absolute atomic E-state index is 6.45. The molecule has 0 atom stereocenters. The van der Waals surface area contributed by atoms with Crippen molar-refractivity contribution in [1.82, 2.24) is 0 Å². The van der Waals surface area contributed by atoms with Gasteiger partial charge in [-0.25, -0.2) is 0 Å². The SMILES string of the molecule is C=C(C)CC/C=C(\C)COC[PH](c1ccccc1)(c1ccccc1)c1ccccc1. The van der Waals surface area contributed by atoms with Gasteiger partial charge < -0.3 is 0 Å². The van der Waals surface area contributed by atoms with E-state index >= 15 is 0 Å². The van der Waals surface area contributed by atoms with Crippen molar-refractivity contribution in [3.05, 3.63) is 115 Å². The number of rotatable bonds is 10. The Kier molecular flexibility index (Phi) is 8.20. The summed E-state index contributed by atoms with van der Waals surface area (Å²) in [6, 6.07) is 32.8. The van der Waals surface area contributed by atoms with Gasteiger partial charge in [0.25, 0.3) is 0 Å². The van der Waals surface area contributed by atoms with Crippen LogP contribution in [0.15, 0.2) is 115 Å². The van der Waals surface area contributed by atoms with Crippen LogP contribution in [-0.2, 0) is 4.74 Å². The first-order valence-electron chi connectivity index (χ1n) is 10.7. The van der Waals surface area contributed by atoms with E-state index in [1.165, 1.54) is 27.1 Å². The molecule has 0 saturated carbocycles. The molecule has 0 aliphatic carbocycles. The van der Waals surface area contributed by atoms with Crippen molar-refractivity contribution >= 4 is 23.2 Å². The van der Waals surface area contributed by atoms with E-state index in [0.717, 1.165) is 19.2 Å². The second kappa shape index (κ2) is 11.1. The zero-order chi connectivity index (χ0) is 21.2. The molecule has 0 radical (unpaired) electrons. The third-order valence-electron chi connectivity index (χ3n) is 5.51. The molecule has 2 heteroatoms. The van der Waals surface area contributed by atoms with Gasteiger partial charge in [0.05, 0.1) is 0 Å². The van der Waals surface area contributed by atoms with Crippen LogP contribution < -0.4 is 15.9 Å². The van der Waals surface area contributed by atoms with Crippen LogP contribution >= 0.6 is 7.26 Å². The van der Waals surface area contributed by atoms with Crippen LogP contribution in [0.3, 0.4) is 0 Å². The van der Waals surface area contributed by atoms with Crippen LogP contribution in [0.1, 0.15) is 26.7 Å². The van der Waals surface area contributed by atoms with E-state index < -0.39 is 7.26 Å². The molecule has 0 spiro atoms. The minimum atomic E-state index is -2.30. The summed E-state index contributed by atoms with van der Waals surface area (Å²) in [5.74, 6) is 0. The van der Waals surface area contributed by atoms with E-state index in [9.17, 15) is 0 Å². The Hall–Kier alpha value is -2.47. The molecule has 0 aromatic heterocycles. The zero-order valence-electron chi connectivity index (χ0n) is 18.2. The molecule has 0 heterocycles. The van der Waals surface area contributed by atoms with Gasteiger partial charge in [0.2, 0.25) is 0 Å². The van der Waals surface area contributed by atoms with Gasteiger partial charge in [0.1, 0.15) is 0 Å². The van der Waals surface area contributed by atoms with Gasteiger partial charge >= 0.3 is 182 Å². The Morgan fingerprint density at radius 1 is 0.767 bits per heavy atom. The van der Waals surface area contributed by atoms with Gasteiger partial charge in [0, 0.05) is 0 Å². The van der Waals surface area contributed by atoms with Gasteiger partial charge in [-0.15, -0.1) is 0 Å². The number of allylic oxidation sites excluding steroid dienone is 2. The first-order valence-corrected chi connectivity index (χ1v) is 12.9. The Balaban J connectivity index is 1.94. The average Bonchev–Trinajstić information content (AvgIpc) is 2.78. The maximum atomic E-state index is 6.45. The zero-order valence-corrected chi connectivity index (χ0v) is 19.2. The molecule has 0 unspecified atom stereocenters. The van der Waals surface area contributed by atoms with Crippen molar-refractivity contribution in [1.29, 1.82) is 0 Å². The molecule has 0 amide bonds. The van der Waals surface area contributed by atoms with E-state index in [2.05, 4.69) is 117 Å². The molecule has 156 valence electrons. The van der Waals surface area contributed by atoms with Gasteiger partial charge in [-0.3, -0.25) is 0 Å². The van der Waals surface area contributed by atoms with E-state index in [1.54, 1.807) is 0 Å². The van der Waals surface area contributed by atoms with Crippen molar-refractivity contribution in [3.63, 3.8) is 0 Å². The average molecular weight is 417 g/mol. The molecule has 0 aliphatic rings. The third kappa shape index (κ3) is 5.57. The summed E-state index contributed by atoms with van der Waals surface area (Å²) < 4.78 is 6.45. The fourth-order valence-electron chi connectivity index (χ4n) is 3.91. The molecule has 0 fully saturated rings. The second-order valence-corrected chi connectivity index (χ2v) is 11.9. The normalized spacial score (nSPS) is 12.5. The van der Waals surface area contributed by atoms with E-state index in [-0.39, 0.29) is 0 Å². The van der Waals surface area contributed by atoms with E-state index in [1.807, 2.05) is 0 Å². The number of hydrogen-bond acceptors (Lipinski definition) is 1. The van der Waals surface area contributed by atoms with Crippen molar-refractivity contribution in [3.8, 4) is 0 Å². The summed E-state index contributed by atoms with van der Waals surface area (Å²) >= 11 is 0. The van der Waals surface area contributed by atoms with Crippen LogP contribution in [0.4, 0.5) is 0 Å². The minimum absolute atomic E-state index is 0.664. The van der Waals surface area contributed by atoms with Crippen molar-refractivity contribution in [2.24, 2.45) is 0 Å². The second-order valence-electron chi connectivity index (χ2n) is 8.04. The quantitative estimate of drug-likeness (QED) is 0.291. The molecule has 0 saturated heterocycles. The molecule has 1 nitrogen and oxygen atoms in total.